The first kappa shape index (κ1) is 19.1. The summed E-state index contributed by atoms with van der Waals surface area (Å²) in [6, 6.07) is 12.3. The fourth-order valence-corrected chi connectivity index (χ4v) is 3.70. The smallest absolute Gasteiger partial charge is 0.253 e. The number of ether oxygens (including phenoxy) is 1. The summed E-state index contributed by atoms with van der Waals surface area (Å²) < 4.78 is 21.2. The standard InChI is InChI=1S/C22H19FN6O2/c23-14-8-15(20(24)30)16-11-26-29(19(16)9-14)22-27-18-6-7-31-12-17(18)21(28-22)25-10-13-4-2-1-3-5-13/h1-5,8-9,11H,6-7,10,12H2,(H2,24,30)(H,25,27,28). The van der Waals surface area contributed by atoms with E-state index in [1.165, 1.54) is 16.9 Å². The van der Waals surface area contributed by atoms with E-state index in [1.54, 1.807) is 0 Å². The first-order valence-corrected chi connectivity index (χ1v) is 9.83. The van der Waals surface area contributed by atoms with Gasteiger partial charge in [-0.2, -0.15) is 14.8 Å². The van der Waals surface area contributed by atoms with E-state index in [9.17, 15) is 9.18 Å². The van der Waals surface area contributed by atoms with Gasteiger partial charge in [-0.1, -0.05) is 30.3 Å². The van der Waals surface area contributed by atoms with Crippen LogP contribution < -0.4 is 11.1 Å². The summed E-state index contributed by atoms with van der Waals surface area (Å²) in [6.07, 6.45) is 2.10. The van der Waals surface area contributed by atoms with Gasteiger partial charge in [0.1, 0.15) is 11.6 Å². The molecular formula is C22H19FN6O2. The number of amides is 1. The number of nitrogens with zero attached hydrogens (tertiary/aromatic N) is 4. The highest BCUT2D eigenvalue weighted by atomic mass is 19.1. The molecule has 1 aliphatic rings. The molecule has 0 radical (unpaired) electrons. The van der Waals surface area contributed by atoms with Gasteiger partial charge in [0.2, 0.25) is 5.91 Å². The Balaban J connectivity index is 1.61. The molecule has 0 saturated carbocycles. The largest absolute Gasteiger partial charge is 0.376 e. The topological polar surface area (TPSA) is 108 Å². The number of benzene rings is 2. The Bertz CT molecular complexity index is 1290. The minimum absolute atomic E-state index is 0.0648. The van der Waals surface area contributed by atoms with Gasteiger partial charge in [-0.15, -0.1) is 0 Å². The number of carbonyl (C=O) groups excluding carboxylic acids is 1. The average molecular weight is 418 g/mol. The van der Waals surface area contributed by atoms with Gasteiger partial charge < -0.3 is 15.8 Å². The highest BCUT2D eigenvalue weighted by molar-refractivity contribution is 6.05. The normalized spacial score (nSPS) is 13.2. The fourth-order valence-electron chi connectivity index (χ4n) is 3.70. The van der Waals surface area contributed by atoms with Gasteiger partial charge in [0.15, 0.2) is 0 Å². The van der Waals surface area contributed by atoms with Crippen LogP contribution in [0.4, 0.5) is 10.2 Å². The lowest BCUT2D eigenvalue weighted by Gasteiger charge is -2.20. The van der Waals surface area contributed by atoms with Gasteiger partial charge in [0.05, 0.1) is 36.2 Å². The lowest BCUT2D eigenvalue weighted by atomic mass is 10.1. The van der Waals surface area contributed by atoms with Crippen molar-refractivity contribution in [3.05, 3.63) is 76.9 Å². The fraction of sp³-hybridized carbons (Fsp3) is 0.182. The van der Waals surface area contributed by atoms with E-state index in [2.05, 4.69) is 20.4 Å². The van der Waals surface area contributed by atoms with E-state index in [4.69, 9.17) is 10.5 Å². The third-order valence-corrected chi connectivity index (χ3v) is 5.22. The Morgan fingerprint density at radius 2 is 2.06 bits per heavy atom. The molecule has 0 spiro atoms. The number of halogens is 1. The Kier molecular flexibility index (Phi) is 4.79. The zero-order valence-electron chi connectivity index (χ0n) is 16.5. The molecule has 1 amide bonds. The number of carbonyl (C=O) groups is 1. The van der Waals surface area contributed by atoms with E-state index >= 15 is 0 Å². The Morgan fingerprint density at radius 3 is 2.87 bits per heavy atom. The molecule has 0 unspecified atom stereocenters. The van der Waals surface area contributed by atoms with Crippen LogP contribution in [0.5, 0.6) is 0 Å². The number of nitrogens with one attached hydrogen (secondary N) is 1. The van der Waals surface area contributed by atoms with Crippen molar-refractivity contribution < 1.29 is 13.9 Å². The summed E-state index contributed by atoms with van der Waals surface area (Å²) in [5, 5.41) is 8.12. The first-order valence-electron chi connectivity index (χ1n) is 9.83. The molecule has 0 bridgehead atoms. The third kappa shape index (κ3) is 3.59. The predicted octanol–water partition coefficient (Wildman–Crippen LogP) is 2.74. The van der Waals surface area contributed by atoms with Gasteiger partial charge in [0, 0.05) is 30.0 Å². The van der Waals surface area contributed by atoms with Gasteiger partial charge >= 0.3 is 0 Å². The van der Waals surface area contributed by atoms with Crippen LogP contribution in [0.1, 0.15) is 27.2 Å². The number of aromatic nitrogens is 4. The zero-order chi connectivity index (χ0) is 21.4. The molecule has 4 aromatic rings. The number of primary amides is 1. The van der Waals surface area contributed by atoms with Crippen molar-refractivity contribution in [1.29, 1.82) is 0 Å². The molecule has 31 heavy (non-hydrogen) atoms. The minimum Gasteiger partial charge on any atom is -0.376 e. The maximum atomic E-state index is 14.2. The van der Waals surface area contributed by atoms with Crippen molar-refractivity contribution in [3.8, 4) is 5.95 Å². The molecule has 0 fully saturated rings. The number of anilines is 1. The van der Waals surface area contributed by atoms with Crippen LogP contribution in [0.2, 0.25) is 0 Å². The number of rotatable bonds is 5. The second-order valence-corrected chi connectivity index (χ2v) is 7.25. The molecule has 3 N–H and O–H groups in total. The molecule has 0 saturated heterocycles. The van der Waals surface area contributed by atoms with E-state index in [1.807, 2.05) is 30.3 Å². The van der Waals surface area contributed by atoms with Crippen LogP contribution in [0.3, 0.4) is 0 Å². The molecule has 2 aromatic heterocycles. The van der Waals surface area contributed by atoms with Gasteiger partial charge in [-0.3, -0.25) is 4.79 Å². The Hall–Kier alpha value is -3.85. The molecular weight excluding hydrogens is 399 g/mol. The highest BCUT2D eigenvalue weighted by Gasteiger charge is 2.21. The number of nitrogens with two attached hydrogens (primary N) is 1. The number of fused-ring (bicyclic) bond motifs is 2. The summed E-state index contributed by atoms with van der Waals surface area (Å²) in [4.78, 5) is 21.1. The first-order chi connectivity index (χ1) is 15.1. The summed E-state index contributed by atoms with van der Waals surface area (Å²) in [7, 11) is 0. The molecule has 156 valence electrons. The van der Waals surface area contributed by atoms with Crippen molar-refractivity contribution in [2.24, 2.45) is 5.73 Å². The molecule has 8 nitrogen and oxygen atoms in total. The Labute approximate surface area is 176 Å². The molecule has 0 atom stereocenters. The van der Waals surface area contributed by atoms with Crippen LogP contribution >= 0.6 is 0 Å². The van der Waals surface area contributed by atoms with Gasteiger partial charge in [0.25, 0.3) is 5.95 Å². The predicted molar refractivity (Wildman–Crippen MR) is 112 cm³/mol. The molecule has 3 heterocycles. The SMILES string of the molecule is NC(=O)c1cc(F)cc2c1cnn2-c1nc2c(c(NCc3ccccc3)n1)COCC2. The van der Waals surface area contributed by atoms with Crippen molar-refractivity contribution >= 4 is 22.6 Å². The second kappa shape index (κ2) is 7.77. The maximum absolute atomic E-state index is 14.2. The van der Waals surface area contributed by atoms with Crippen LogP contribution in [-0.4, -0.2) is 32.3 Å². The van der Waals surface area contributed by atoms with E-state index in [0.717, 1.165) is 22.9 Å². The summed E-state index contributed by atoms with van der Waals surface area (Å²) in [5.41, 5.74) is 8.69. The zero-order valence-corrected chi connectivity index (χ0v) is 16.5. The number of hydrogen-bond donors (Lipinski definition) is 2. The molecule has 2 aromatic carbocycles. The van der Waals surface area contributed by atoms with Crippen molar-refractivity contribution in [2.45, 2.75) is 19.6 Å². The molecule has 0 aliphatic carbocycles. The summed E-state index contributed by atoms with van der Waals surface area (Å²) in [5.74, 6) is -0.388. The van der Waals surface area contributed by atoms with Crippen LogP contribution in [0, 0.1) is 5.82 Å². The maximum Gasteiger partial charge on any atom is 0.253 e. The highest BCUT2D eigenvalue weighted by Crippen LogP contribution is 2.27. The summed E-state index contributed by atoms with van der Waals surface area (Å²) >= 11 is 0. The number of hydrogen-bond acceptors (Lipinski definition) is 6. The van der Waals surface area contributed by atoms with Crippen molar-refractivity contribution in [1.82, 2.24) is 19.7 Å². The van der Waals surface area contributed by atoms with E-state index in [-0.39, 0.29) is 11.5 Å². The lowest BCUT2D eigenvalue weighted by molar-refractivity contribution is 0.100. The lowest BCUT2D eigenvalue weighted by Crippen LogP contribution is -2.19. The van der Waals surface area contributed by atoms with Gasteiger partial charge in [-0.25, -0.2) is 9.37 Å². The van der Waals surface area contributed by atoms with Crippen molar-refractivity contribution in [3.63, 3.8) is 0 Å². The third-order valence-electron chi connectivity index (χ3n) is 5.22. The average Bonchev–Trinajstić information content (AvgIpc) is 3.21. The second-order valence-electron chi connectivity index (χ2n) is 7.25. The van der Waals surface area contributed by atoms with E-state index in [0.29, 0.717) is 42.9 Å². The monoisotopic (exact) mass is 418 g/mol. The Morgan fingerprint density at radius 1 is 1.23 bits per heavy atom. The van der Waals surface area contributed by atoms with E-state index < -0.39 is 11.7 Å². The minimum atomic E-state index is -0.724. The molecule has 1 aliphatic heterocycles. The van der Waals surface area contributed by atoms with Crippen LogP contribution in [-0.2, 0) is 24.3 Å². The molecule has 5 rings (SSSR count). The van der Waals surface area contributed by atoms with Gasteiger partial charge in [-0.05, 0) is 11.6 Å². The quantitative estimate of drug-likeness (QED) is 0.516. The van der Waals surface area contributed by atoms with Crippen molar-refractivity contribution in [2.75, 3.05) is 11.9 Å². The van der Waals surface area contributed by atoms with Crippen LogP contribution in [0.15, 0.2) is 48.7 Å². The van der Waals surface area contributed by atoms with Crippen LogP contribution in [0.25, 0.3) is 16.9 Å². The molecule has 9 heteroatoms. The summed E-state index contributed by atoms with van der Waals surface area (Å²) in [6.45, 7) is 1.54.